The average molecular weight is 188 g/mol. The SMILES string of the molecule is Cn1cccc(C(=O)OCl)c1=O. The van der Waals surface area contributed by atoms with Gasteiger partial charge in [-0.1, -0.05) is 0 Å². The van der Waals surface area contributed by atoms with Gasteiger partial charge in [-0.15, -0.1) is 0 Å². The number of carbonyl (C=O) groups excluding carboxylic acids is 1. The largest absolute Gasteiger partial charge is 0.361 e. The van der Waals surface area contributed by atoms with Gasteiger partial charge in [0.2, 0.25) is 0 Å². The Balaban J connectivity index is 3.26. The third-order valence-electron chi connectivity index (χ3n) is 1.41. The van der Waals surface area contributed by atoms with Crippen molar-refractivity contribution in [3.63, 3.8) is 0 Å². The summed E-state index contributed by atoms with van der Waals surface area (Å²) in [6.45, 7) is 0. The fraction of sp³-hybridized carbons (Fsp3) is 0.143. The summed E-state index contributed by atoms with van der Waals surface area (Å²) >= 11 is 4.81. The van der Waals surface area contributed by atoms with Crippen molar-refractivity contribution in [2.45, 2.75) is 0 Å². The van der Waals surface area contributed by atoms with E-state index in [2.05, 4.69) is 4.29 Å². The number of halogens is 1. The molecule has 0 spiro atoms. The summed E-state index contributed by atoms with van der Waals surface area (Å²) in [5, 5.41) is 0. The number of carbonyl (C=O) groups is 1. The van der Waals surface area contributed by atoms with Crippen molar-refractivity contribution in [1.29, 1.82) is 0 Å². The van der Waals surface area contributed by atoms with Crippen LogP contribution in [-0.2, 0) is 11.3 Å². The van der Waals surface area contributed by atoms with E-state index in [1.54, 1.807) is 6.07 Å². The minimum absolute atomic E-state index is 0.0741. The molecule has 0 aliphatic heterocycles. The van der Waals surface area contributed by atoms with Crippen LogP contribution >= 0.6 is 11.9 Å². The fourth-order valence-electron chi connectivity index (χ4n) is 0.794. The smallest absolute Gasteiger partial charge is 0.343 e. The molecule has 1 aromatic rings. The van der Waals surface area contributed by atoms with Gasteiger partial charge >= 0.3 is 5.97 Å². The maximum absolute atomic E-state index is 11.2. The van der Waals surface area contributed by atoms with Gasteiger partial charge in [-0.05, 0) is 12.1 Å². The van der Waals surface area contributed by atoms with E-state index in [9.17, 15) is 9.59 Å². The predicted octanol–water partition coefficient (Wildman–Crippen LogP) is 0.696. The standard InChI is InChI=1S/C7H6ClNO3/c1-9-4-2-3-5(6(9)10)7(11)12-8/h2-4H,1H3. The second-order valence-corrected chi connectivity index (χ2v) is 2.36. The van der Waals surface area contributed by atoms with Crippen LogP contribution in [0.15, 0.2) is 23.1 Å². The zero-order valence-corrected chi connectivity index (χ0v) is 7.04. The molecule has 0 aliphatic rings. The van der Waals surface area contributed by atoms with Gasteiger partial charge in [-0.25, -0.2) is 4.79 Å². The Bertz CT molecular complexity index is 358. The Hall–Kier alpha value is -1.29. The summed E-state index contributed by atoms with van der Waals surface area (Å²) in [4.78, 5) is 22.0. The highest BCUT2D eigenvalue weighted by molar-refractivity contribution is 6.15. The Labute approximate surface area is 73.5 Å². The molecule has 4 nitrogen and oxygen atoms in total. The minimum Gasteiger partial charge on any atom is -0.343 e. The van der Waals surface area contributed by atoms with E-state index >= 15 is 0 Å². The number of hydrogen-bond donors (Lipinski definition) is 0. The molecular formula is C7H6ClNO3. The molecule has 1 rings (SSSR count). The fourth-order valence-corrected chi connectivity index (χ4v) is 0.877. The van der Waals surface area contributed by atoms with Gasteiger partial charge in [0.1, 0.15) is 17.4 Å². The van der Waals surface area contributed by atoms with Crippen LogP contribution in [0, 0.1) is 0 Å². The van der Waals surface area contributed by atoms with Crippen LogP contribution in [0.1, 0.15) is 10.4 Å². The van der Waals surface area contributed by atoms with E-state index in [1.165, 1.54) is 23.9 Å². The van der Waals surface area contributed by atoms with E-state index in [4.69, 9.17) is 11.9 Å². The van der Waals surface area contributed by atoms with E-state index < -0.39 is 11.5 Å². The highest BCUT2D eigenvalue weighted by Crippen LogP contribution is 1.95. The molecular weight excluding hydrogens is 182 g/mol. The molecule has 12 heavy (non-hydrogen) atoms. The maximum atomic E-state index is 11.2. The molecule has 0 bridgehead atoms. The van der Waals surface area contributed by atoms with Crippen LogP contribution < -0.4 is 5.56 Å². The highest BCUT2D eigenvalue weighted by atomic mass is 35.5. The number of aromatic nitrogens is 1. The van der Waals surface area contributed by atoms with Crippen LogP contribution in [0.5, 0.6) is 0 Å². The van der Waals surface area contributed by atoms with Crippen LogP contribution in [0.3, 0.4) is 0 Å². The molecule has 0 atom stereocenters. The molecule has 0 saturated heterocycles. The van der Waals surface area contributed by atoms with Gasteiger partial charge in [0.15, 0.2) is 0 Å². The van der Waals surface area contributed by atoms with E-state index in [0.29, 0.717) is 0 Å². The van der Waals surface area contributed by atoms with Crippen LogP contribution in [-0.4, -0.2) is 10.5 Å². The zero-order chi connectivity index (χ0) is 9.14. The maximum Gasteiger partial charge on any atom is 0.361 e. The third kappa shape index (κ3) is 1.48. The Morgan fingerprint density at radius 2 is 2.33 bits per heavy atom. The molecule has 1 aromatic heterocycles. The molecule has 5 heteroatoms. The van der Waals surface area contributed by atoms with Crippen LogP contribution in [0.25, 0.3) is 0 Å². The van der Waals surface area contributed by atoms with Crippen molar-refractivity contribution in [2.75, 3.05) is 0 Å². The van der Waals surface area contributed by atoms with Gasteiger partial charge in [0.05, 0.1) is 0 Å². The normalized spacial score (nSPS) is 9.50. The molecule has 0 aromatic carbocycles. The van der Waals surface area contributed by atoms with Gasteiger partial charge in [0, 0.05) is 13.2 Å². The summed E-state index contributed by atoms with van der Waals surface area (Å²) in [5.74, 6) is -0.835. The molecule has 0 unspecified atom stereocenters. The lowest BCUT2D eigenvalue weighted by Gasteiger charge is -1.98. The molecule has 0 fully saturated rings. The lowest BCUT2D eigenvalue weighted by molar-refractivity contribution is 0.0749. The van der Waals surface area contributed by atoms with E-state index in [0.717, 1.165) is 0 Å². The summed E-state index contributed by atoms with van der Waals surface area (Å²) in [6.07, 6.45) is 1.54. The van der Waals surface area contributed by atoms with Crippen molar-refractivity contribution >= 4 is 17.8 Å². The van der Waals surface area contributed by atoms with Crippen molar-refractivity contribution < 1.29 is 9.08 Å². The van der Waals surface area contributed by atoms with Crippen molar-refractivity contribution in [3.05, 3.63) is 34.2 Å². The second-order valence-electron chi connectivity index (χ2n) is 2.20. The third-order valence-corrected chi connectivity index (χ3v) is 1.55. The number of pyridine rings is 1. The van der Waals surface area contributed by atoms with Crippen LogP contribution in [0.4, 0.5) is 0 Å². The number of rotatable bonds is 1. The minimum atomic E-state index is -0.835. The monoisotopic (exact) mass is 187 g/mol. The van der Waals surface area contributed by atoms with Crippen molar-refractivity contribution in [3.8, 4) is 0 Å². The van der Waals surface area contributed by atoms with E-state index in [-0.39, 0.29) is 5.56 Å². The number of nitrogens with zero attached hydrogens (tertiary/aromatic N) is 1. The van der Waals surface area contributed by atoms with Crippen molar-refractivity contribution in [2.24, 2.45) is 7.05 Å². The first-order valence-corrected chi connectivity index (χ1v) is 3.46. The first kappa shape index (κ1) is 8.80. The molecule has 1 heterocycles. The molecule has 0 aliphatic carbocycles. The highest BCUT2D eigenvalue weighted by Gasteiger charge is 2.11. The number of hydrogen-bond acceptors (Lipinski definition) is 3. The quantitative estimate of drug-likeness (QED) is 0.650. The zero-order valence-electron chi connectivity index (χ0n) is 6.28. The van der Waals surface area contributed by atoms with Gasteiger partial charge in [-0.2, -0.15) is 0 Å². The Morgan fingerprint density at radius 3 is 2.92 bits per heavy atom. The molecule has 0 N–H and O–H groups in total. The lowest BCUT2D eigenvalue weighted by Crippen LogP contribution is -2.23. The van der Waals surface area contributed by atoms with Gasteiger partial charge in [0.25, 0.3) is 5.56 Å². The Kier molecular flexibility index (Phi) is 2.50. The first-order valence-electron chi connectivity index (χ1n) is 3.15. The number of aryl methyl sites for hydroxylation is 1. The molecule has 64 valence electrons. The lowest BCUT2D eigenvalue weighted by atomic mass is 10.3. The summed E-state index contributed by atoms with van der Waals surface area (Å²) in [5.41, 5.74) is -0.502. The summed E-state index contributed by atoms with van der Waals surface area (Å²) in [6, 6.07) is 2.91. The Morgan fingerprint density at radius 1 is 1.67 bits per heavy atom. The molecule has 0 amide bonds. The predicted molar refractivity (Wildman–Crippen MR) is 43.0 cm³/mol. The van der Waals surface area contributed by atoms with Gasteiger partial charge in [-0.3, -0.25) is 4.79 Å². The summed E-state index contributed by atoms with van der Waals surface area (Å²) < 4.78 is 5.16. The second kappa shape index (κ2) is 3.40. The molecule has 0 radical (unpaired) electrons. The molecule has 0 saturated carbocycles. The van der Waals surface area contributed by atoms with E-state index in [1.807, 2.05) is 0 Å². The topological polar surface area (TPSA) is 48.3 Å². The average Bonchev–Trinajstić information content (AvgIpc) is 2.08. The van der Waals surface area contributed by atoms with Gasteiger partial charge < -0.3 is 8.86 Å². The summed E-state index contributed by atoms with van der Waals surface area (Å²) in [7, 11) is 1.54. The first-order chi connectivity index (χ1) is 5.66. The van der Waals surface area contributed by atoms with Crippen molar-refractivity contribution in [1.82, 2.24) is 4.57 Å². The van der Waals surface area contributed by atoms with Crippen LogP contribution in [0.2, 0.25) is 0 Å².